The third-order valence-corrected chi connectivity index (χ3v) is 2.80. The van der Waals surface area contributed by atoms with Gasteiger partial charge in [0, 0.05) is 0 Å². The smallest absolute Gasteiger partial charge is 0.0251 e. The Morgan fingerprint density at radius 1 is 1.31 bits per heavy atom. The fourth-order valence-electron chi connectivity index (χ4n) is 1.54. The molecule has 0 heteroatoms. The van der Waals surface area contributed by atoms with Gasteiger partial charge in [-0.15, -0.1) is 0 Å². The van der Waals surface area contributed by atoms with Crippen molar-refractivity contribution in [2.45, 2.75) is 47.5 Å². The Labute approximate surface area is 83.7 Å². The maximum Gasteiger partial charge on any atom is -0.0251 e. The van der Waals surface area contributed by atoms with Crippen molar-refractivity contribution in [2.75, 3.05) is 0 Å². The highest BCUT2D eigenvalue weighted by Crippen LogP contribution is 2.31. The van der Waals surface area contributed by atoms with Gasteiger partial charge in [0.15, 0.2) is 0 Å². The number of rotatable bonds is 1. The molecule has 0 aromatic heterocycles. The summed E-state index contributed by atoms with van der Waals surface area (Å²) >= 11 is 0. The van der Waals surface area contributed by atoms with Crippen LogP contribution in [-0.2, 0) is 0 Å². The quantitative estimate of drug-likeness (QED) is 0.554. The van der Waals surface area contributed by atoms with E-state index in [9.17, 15) is 0 Å². The average molecular weight is 180 g/mol. The maximum atomic E-state index is 3.97. The summed E-state index contributed by atoms with van der Waals surface area (Å²) in [5, 5.41) is 0. The Balaban J connectivity index is 0.000000671. The predicted octanol–water partition coefficient (Wildman–Crippen LogP) is 4.58. The van der Waals surface area contributed by atoms with E-state index < -0.39 is 0 Å². The van der Waals surface area contributed by atoms with E-state index in [4.69, 9.17) is 0 Å². The fraction of sp³-hybridized carbons (Fsp3) is 0.692. The number of hydrogen-bond acceptors (Lipinski definition) is 0. The molecule has 0 amide bonds. The second kappa shape index (κ2) is 6.01. The van der Waals surface area contributed by atoms with Gasteiger partial charge in [-0.05, 0) is 37.2 Å². The van der Waals surface area contributed by atoms with Gasteiger partial charge in [0.1, 0.15) is 0 Å². The van der Waals surface area contributed by atoms with E-state index in [1.54, 1.807) is 0 Å². The van der Waals surface area contributed by atoms with E-state index in [1.807, 2.05) is 13.8 Å². The lowest BCUT2D eigenvalue weighted by atomic mass is 9.80. The van der Waals surface area contributed by atoms with Gasteiger partial charge in [-0.25, -0.2) is 0 Å². The van der Waals surface area contributed by atoms with Gasteiger partial charge in [-0.3, -0.25) is 0 Å². The van der Waals surface area contributed by atoms with Crippen LogP contribution in [0, 0.1) is 11.8 Å². The zero-order valence-corrected chi connectivity index (χ0v) is 9.85. The summed E-state index contributed by atoms with van der Waals surface area (Å²) in [5.74, 6) is 1.70. The van der Waals surface area contributed by atoms with Gasteiger partial charge < -0.3 is 0 Å². The molecule has 0 bridgehead atoms. The molecular formula is C13H24. The van der Waals surface area contributed by atoms with Crippen molar-refractivity contribution in [3.63, 3.8) is 0 Å². The molecule has 0 aromatic carbocycles. The van der Waals surface area contributed by atoms with Crippen LogP contribution in [0.3, 0.4) is 0 Å². The fourth-order valence-corrected chi connectivity index (χ4v) is 1.54. The maximum absolute atomic E-state index is 3.97. The highest BCUT2D eigenvalue weighted by atomic mass is 14.2. The second-order valence-electron chi connectivity index (χ2n) is 3.90. The lowest BCUT2D eigenvalue weighted by molar-refractivity contribution is 0.371. The van der Waals surface area contributed by atoms with E-state index in [0.717, 1.165) is 11.8 Å². The first-order chi connectivity index (χ1) is 6.11. The molecule has 13 heavy (non-hydrogen) atoms. The molecule has 2 atom stereocenters. The highest BCUT2D eigenvalue weighted by Gasteiger charge is 2.17. The van der Waals surface area contributed by atoms with E-state index >= 15 is 0 Å². The minimum atomic E-state index is 0.840. The van der Waals surface area contributed by atoms with Gasteiger partial charge in [0.2, 0.25) is 0 Å². The molecule has 0 radical (unpaired) electrons. The first kappa shape index (κ1) is 12.5. The lowest BCUT2D eigenvalue weighted by Crippen LogP contribution is -2.13. The summed E-state index contributed by atoms with van der Waals surface area (Å²) in [4.78, 5) is 0. The molecule has 1 rings (SSSR count). The van der Waals surface area contributed by atoms with Crippen molar-refractivity contribution in [3.05, 3.63) is 23.8 Å². The summed E-state index contributed by atoms with van der Waals surface area (Å²) in [6, 6.07) is 0. The van der Waals surface area contributed by atoms with Crippen LogP contribution in [0.1, 0.15) is 47.5 Å². The molecule has 0 aliphatic heterocycles. The molecule has 0 saturated carbocycles. The van der Waals surface area contributed by atoms with Crippen LogP contribution in [0.2, 0.25) is 0 Å². The summed E-state index contributed by atoms with van der Waals surface area (Å²) in [6.45, 7) is 14.7. The van der Waals surface area contributed by atoms with Gasteiger partial charge in [0.05, 0.1) is 0 Å². The van der Waals surface area contributed by atoms with Crippen molar-refractivity contribution in [1.82, 2.24) is 0 Å². The Bertz CT molecular complexity index is 186. The molecule has 0 spiro atoms. The van der Waals surface area contributed by atoms with E-state index in [2.05, 4.69) is 33.4 Å². The molecule has 0 N–H and O–H groups in total. The molecule has 0 saturated heterocycles. The summed E-state index contributed by atoms with van der Waals surface area (Å²) < 4.78 is 0. The van der Waals surface area contributed by atoms with Crippen LogP contribution in [0.25, 0.3) is 0 Å². The molecule has 0 aromatic rings. The molecule has 2 unspecified atom stereocenters. The summed E-state index contributed by atoms with van der Waals surface area (Å²) in [7, 11) is 0. The zero-order valence-electron chi connectivity index (χ0n) is 9.85. The van der Waals surface area contributed by atoms with Crippen molar-refractivity contribution >= 4 is 0 Å². The first-order valence-corrected chi connectivity index (χ1v) is 5.46. The zero-order chi connectivity index (χ0) is 10.4. The largest absolute Gasteiger partial charge is 0.0958 e. The van der Waals surface area contributed by atoms with E-state index in [-0.39, 0.29) is 0 Å². The number of hydrogen-bond donors (Lipinski definition) is 0. The van der Waals surface area contributed by atoms with Crippen LogP contribution < -0.4 is 0 Å². The van der Waals surface area contributed by atoms with Crippen LogP contribution in [0.5, 0.6) is 0 Å². The standard InChI is InChI=1S/C11H18.C2H6/c1-8(2)11-6-5-9(3)10(4)7-11;1-2/h6,9-10H,1,5,7H2,2-4H3;1-2H3. The summed E-state index contributed by atoms with van der Waals surface area (Å²) in [6.07, 6.45) is 4.83. The minimum absolute atomic E-state index is 0.840. The van der Waals surface area contributed by atoms with Crippen molar-refractivity contribution in [2.24, 2.45) is 11.8 Å². The summed E-state index contributed by atoms with van der Waals surface area (Å²) in [5.41, 5.74) is 2.74. The minimum Gasteiger partial charge on any atom is -0.0958 e. The van der Waals surface area contributed by atoms with Crippen LogP contribution in [-0.4, -0.2) is 0 Å². The Hall–Kier alpha value is -0.520. The molecule has 1 aliphatic rings. The molecule has 0 fully saturated rings. The van der Waals surface area contributed by atoms with Gasteiger partial charge in [-0.1, -0.05) is 45.9 Å². The highest BCUT2D eigenvalue weighted by molar-refractivity contribution is 5.28. The Morgan fingerprint density at radius 2 is 1.85 bits per heavy atom. The lowest BCUT2D eigenvalue weighted by Gasteiger charge is -2.25. The van der Waals surface area contributed by atoms with Crippen LogP contribution in [0.4, 0.5) is 0 Å². The molecule has 1 aliphatic carbocycles. The van der Waals surface area contributed by atoms with Gasteiger partial charge in [-0.2, -0.15) is 0 Å². The normalized spacial score (nSPS) is 27.0. The van der Waals surface area contributed by atoms with E-state index in [0.29, 0.717) is 0 Å². The van der Waals surface area contributed by atoms with Gasteiger partial charge >= 0.3 is 0 Å². The average Bonchev–Trinajstić information content (AvgIpc) is 2.13. The van der Waals surface area contributed by atoms with Crippen LogP contribution >= 0.6 is 0 Å². The number of allylic oxidation sites excluding steroid dienone is 3. The first-order valence-electron chi connectivity index (χ1n) is 5.46. The monoisotopic (exact) mass is 180 g/mol. The second-order valence-corrected chi connectivity index (χ2v) is 3.90. The van der Waals surface area contributed by atoms with Gasteiger partial charge in [0.25, 0.3) is 0 Å². The molecule has 0 heterocycles. The van der Waals surface area contributed by atoms with Crippen molar-refractivity contribution in [3.8, 4) is 0 Å². The SMILES string of the molecule is C=C(C)C1=CCC(C)C(C)C1.CC. The molecule has 76 valence electrons. The Kier molecular flexibility index (Phi) is 5.77. The topological polar surface area (TPSA) is 0 Å². The Morgan fingerprint density at radius 3 is 2.23 bits per heavy atom. The molecule has 0 nitrogen and oxygen atoms in total. The molecular weight excluding hydrogens is 156 g/mol. The van der Waals surface area contributed by atoms with Crippen LogP contribution in [0.15, 0.2) is 23.8 Å². The van der Waals surface area contributed by atoms with E-state index in [1.165, 1.54) is 24.0 Å². The predicted molar refractivity (Wildman–Crippen MR) is 61.8 cm³/mol. The third-order valence-electron chi connectivity index (χ3n) is 2.80. The van der Waals surface area contributed by atoms with Crippen molar-refractivity contribution in [1.29, 1.82) is 0 Å². The van der Waals surface area contributed by atoms with Crippen molar-refractivity contribution < 1.29 is 0 Å². The third kappa shape index (κ3) is 3.80.